The molecule has 1 aromatic heterocycles. The number of hydrogen-bond acceptors (Lipinski definition) is 6. The highest BCUT2D eigenvalue weighted by atomic mass is 16.5. The number of anilines is 4. The first-order valence-electron chi connectivity index (χ1n) is 8.60. The molecule has 6 nitrogen and oxygen atoms in total. The molecule has 3 aromatic rings. The summed E-state index contributed by atoms with van der Waals surface area (Å²) < 4.78 is 4.76. The van der Waals surface area contributed by atoms with E-state index in [1.807, 2.05) is 31.2 Å². The Hall–Kier alpha value is -3.41. The number of aromatic nitrogens is 2. The van der Waals surface area contributed by atoms with Crippen molar-refractivity contribution >= 4 is 29.0 Å². The minimum absolute atomic E-state index is 0.380. The molecule has 0 atom stereocenters. The smallest absolute Gasteiger partial charge is 0.337 e. The number of benzene rings is 2. The van der Waals surface area contributed by atoms with Crippen LogP contribution in [0.2, 0.25) is 0 Å². The third-order valence-electron chi connectivity index (χ3n) is 4.26. The van der Waals surface area contributed by atoms with E-state index in [1.54, 1.807) is 18.2 Å². The number of nitrogens with zero attached hydrogens (tertiary/aromatic N) is 2. The lowest BCUT2D eigenvalue weighted by atomic mass is 10.1. The van der Waals surface area contributed by atoms with Gasteiger partial charge in [-0.25, -0.2) is 14.8 Å². The van der Waals surface area contributed by atoms with E-state index in [4.69, 9.17) is 4.74 Å². The molecule has 0 aliphatic heterocycles. The van der Waals surface area contributed by atoms with Crippen molar-refractivity contribution in [2.45, 2.75) is 20.8 Å². The molecule has 0 bridgehead atoms. The van der Waals surface area contributed by atoms with Crippen LogP contribution in [0.3, 0.4) is 0 Å². The first kappa shape index (κ1) is 18.4. The maximum atomic E-state index is 11.7. The molecule has 0 spiro atoms. The molecule has 0 radical (unpaired) electrons. The van der Waals surface area contributed by atoms with Crippen molar-refractivity contribution in [1.82, 2.24) is 9.97 Å². The second-order valence-corrected chi connectivity index (χ2v) is 6.26. The van der Waals surface area contributed by atoms with Crippen molar-refractivity contribution in [3.05, 3.63) is 71.0 Å². The number of ether oxygens (including phenoxy) is 1. The summed E-state index contributed by atoms with van der Waals surface area (Å²) in [6, 6.07) is 15.0. The molecule has 0 aliphatic carbocycles. The van der Waals surface area contributed by atoms with Gasteiger partial charge in [-0.3, -0.25) is 0 Å². The van der Waals surface area contributed by atoms with Gasteiger partial charge in [-0.2, -0.15) is 0 Å². The van der Waals surface area contributed by atoms with E-state index in [2.05, 4.69) is 40.5 Å². The SMILES string of the molecule is COC(=O)c1cccc(Nc2cc(Nc3cccc(C)c3C)nc(C)n2)c1. The van der Waals surface area contributed by atoms with E-state index in [1.165, 1.54) is 18.2 Å². The summed E-state index contributed by atoms with van der Waals surface area (Å²) in [6.07, 6.45) is 0. The van der Waals surface area contributed by atoms with E-state index in [0.717, 1.165) is 11.4 Å². The van der Waals surface area contributed by atoms with E-state index >= 15 is 0 Å². The van der Waals surface area contributed by atoms with E-state index in [0.29, 0.717) is 23.0 Å². The van der Waals surface area contributed by atoms with Gasteiger partial charge in [-0.05, 0) is 56.2 Å². The van der Waals surface area contributed by atoms with Crippen LogP contribution in [0.25, 0.3) is 0 Å². The molecule has 2 N–H and O–H groups in total. The van der Waals surface area contributed by atoms with Crippen LogP contribution in [0.5, 0.6) is 0 Å². The summed E-state index contributed by atoms with van der Waals surface area (Å²) in [5.41, 5.74) is 4.61. The van der Waals surface area contributed by atoms with Crippen LogP contribution in [-0.4, -0.2) is 23.0 Å². The Morgan fingerprint density at radius 1 is 0.926 bits per heavy atom. The summed E-state index contributed by atoms with van der Waals surface area (Å²) >= 11 is 0. The van der Waals surface area contributed by atoms with Crippen LogP contribution in [0.1, 0.15) is 27.3 Å². The third-order valence-corrected chi connectivity index (χ3v) is 4.26. The molecule has 0 unspecified atom stereocenters. The van der Waals surface area contributed by atoms with Gasteiger partial charge in [0.25, 0.3) is 0 Å². The molecule has 0 aliphatic rings. The molecule has 6 heteroatoms. The summed E-state index contributed by atoms with van der Waals surface area (Å²) in [5, 5.41) is 6.57. The normalized spacial score (nSPS) is 10.4. The summed E-state index contributed by atoms with van der Waals surface area (Å²) in [4.78, 5) is 20.6. The number of hydrogen-bond donors (Lipinski definition) is 2. The van der Waals surface area contributed by atoms with Gasteiger partial charge in [-0.15, -0.1) is 0 Å². The fraction of sp³-hybridized carbons (Fsp3) is 0.190. The zero-order chi connectivity index (χ0) is 19.4. The van der Waals surface area contributed by atoms with Gasteiger partial charge in [0.15, 0.2) is 0 Å². The molecule has 3 rings (SSSR count). The molecule has 0 saturated heterocycles. The molecular weight excluding hydrogens is 340 g/mol. The molecule has 0 saturated carbocycles. The second-order valence-electron chi connectivity index (χ2n) is 6.26. The Kier molecular flexibility index (Phi) is 5.35. The highest BCUT2D eigenvalue weighted by Gasteiger charge is 2.08. The lowest BCUT2D eigenvalue weighted by Crippen LogP contribution is -2.04. The zero-order valence-corrected chi connectivity index (χ0v) is 15.8. The van der Waals surface area contributed by atoms with Crippen LogP contribution in [-0.2, 0) is 4.74 Å². The van der Waals surface area contributed by atoms with E-state index < -0.39 is 0 Å². The summed E-state index contributed by atoms with van der Waals surface area (Å²) in [6.45, 7) is 5.99. The zero-order valence-electron chi connectivity index (χ0n) is 15.8. The molecular formula is C21H22N4O2. The molecule has 2 aromatic carbocycles. The topological polar surface area (TPSA) is 76.1 Å². The monoisotopic (exact) mass is 362 g/mol. The fourth-order valence-corrected chi connectivity index (χ4v) is 2.71. The van der Waals surface area contributed by atoms with Crippen molar-refractivity contribution in [3.63, 3.8) is 0 Å². The maximum Gasteiger partial charge on any atom is 0.337 e. The van der Waals surface area contributed by atoms with Crippen LogP contribution in [0, 0.1) is 20.8 Å². The first-order chi connectivity index (χ1) is 13.0. The molecule has 0 fully saturated rings. The minimum atomic E-state index is -0.380. The Balaban J connectivity index is 1.85. The number of carbonyl (C=O) groups is 1. The van der Waals surface area contributed by atoms with Gasteiger partial charge < -0.3 is 15.4 Å². The lowest BCUT2D eigenvalue weighted by Gasteiger charge is -2.13. The molecule has 138 valence electrons. The number of nitrogens with one attached hydrogen (secondary N) is 2. The van der Waals surface area contributed by atoms with Gasteiger partial charge in [0.1, 0.15) is 17.5 Å². The van der Waals surface area contributed by atoms with Crippen molar-refractivity contribution in [3.8, 4) is 0 Å². The van der Waals surface area contributed by atoms with Crippen molar-refractivity contribution in [2.24, 2.45) is 0 Å². The average Bonchev–Trinajstić information content (AvgIpc) is 2.64. The average molecular weight is 362 g/mol. The van der Waals surface area contributed by atoms with Gasteiger partial charge >= 0.3 is 5.97 Å². The third kappa shape index (κ3) is 4.41. The highest BCUT2D eigenvalue weighted by Crippen LogP contribution is 2.24. The van der Waals surface area contributed by atoms with Crippen LogP contribution in [0.15, 0.2) is 48.5 Å². The number of rotatable bonds is 5. The number of methoxy groups -OCH3 is 1. The Morgan fingerprint density at radius 2 is 1.63 bits per heavy atom. The quantitative estimate of drug-likeness (QED) is 0.642. The second kappa shape index (κ2) is 7.86. The molecule has 27 heavy (non-hydrogen) atoms. The highest BCUT2D eigenvalue weighted by molar-refractivity contribution is 5.90. The van der Waals surface area contributed by atoms with Crippen molar-refractivity contribution < 1.29 is 9.53 Å². The molecule has 0 amide bonds. The van der Waals surface area contributed by atoms with Crippen molar-refractivity contribution in [1.29, 1.82) is 0 Å². The largest absolute Gasteiger partial charge is 0.465 e. The Morgan fingerprint density at radius 3 is 2.37 bits per heavy atom. The summed E-state index contributed by atoms with van der Waals surface area (Å²) in [5.74, 6) is 1.59. The predicted octanol–water partition coefficient (Wildman–Crippen LogP) is 4.68. The van der Waals surface area contributed by atoms with Gasteiger partial charge in [-0.1, -0.05) is 18.2 Å². The van der Waals surface area contributed by atoms with Crippen LogP contribution in [0.4, 0.5) is 23.0 Å². The lowest BCUT2D eigenvalue weighted by molar-refractivity contribution is 0.0601. The predicted molar refractivity (Wildman–Crippen MR) is 107 cm³/mol. The number of aryl methyl sites for hydroxylation is 2. The maximum absolute atomic E-state index is 11.7. The summed E-state index contributed by atoms with van der Waals surface area (Å²) in [7, 11) is 1.36. The number of carbonyl (C=O) groups excluding carboxylic acids is 1. The van der Waals surface area contributed by atoms with Crippen LogP contribution >= 0.6 is 0 Å². The van der Waals surface area contributed by atoms with E-state index in [-0.39, 0.29) is 5.97 Å². The first-order valence-corrected chi connectivity index (χ1v) is 8.60. The number of esters is 1. The van der Waals surface area contributed by atoms with E-state index in [9.17, 15) is 4.79 Å². The molecule has 1 heterocycles. The van der Waals surface area contributed by atoms with Crippen molar-refractivity contribution in [2.75, 3.05) is 17.7 Å². The van der Waals surface area contributed by atoms with Gasteiger partial charge in [0.2, 0.25) is 0 Å². The Labute approximate surface area is 158 Å². The Bertz CT molecular complexity index is 986. The van der Waals surface area contributed by atoms with Crippen LogP contribution < -0.4 is 10.6 Å². The fourth-order valence-electron chi connectivity index (χ4n) is 2.71. The minimum Gasteiger partial charge on any atom is -0.465 e. The van der Waals surface area contributed by atoms with Gasteiger partial charge in [0, 0.05) is 17.4 Å². The van der Waals surface area contributed by atoms with Gasteiger partial charge in [0.05, 0.1) is 12.7 Å². The standard InChI is InChI=1S/C21H22N4O2/c1-13-7-5-10-18(14(13)2)25-20-12-19(22-15(3)23-20)24-17-9-6-8-16(11-17)21(26)27-4/h5-12H,1-4H3,(H2,22,23,24,25).